The molecule has 0 saturated carbocycles. The van der Waals surface area contributed by atoms with E-state index in [-0.39, 0.29) is 11.9 Å². The van der Waals surface area contributed by atoms with Crippen molar-refractivity contribution in [3.8, 4) is 0 Å². The Hall–Kier alpha value is -1.06. The Balaban J connectivity index is 1.87. The first kappa shape index (κ1) is 17.3. The van der Waals surface area contributed by atoms with Crippen LogP contribution in [0.1, 0.15) is 51.6 Å². The molecule has 22 heavy (non-hydrogen) atoms. The minimum atomic E-state index is 0.206. The molecule has 2 rings (SSSR count). The summed E-state index contributed by atoms with van der Waals surface area (Å²) in [7, 11) is 0. The molecule has 1 N–H and O–H groups in total. The molecule has 1 aliphatic heterocycles. The van der Waals surface area contributed by atoms with Crippen molar-refractivity contribution in [3.63, 3.8) is 0 Å². The van der Waals surface area contributed by atoms with Gasteiger partial charge in [0.15, 0.2) is 0 Å². The minimum absolute atomic E-state index is 0.206. The van der Waals surface area contributed by atoms with Crippen molar-refractivity contribution in [2.75, 3.05) is 19.6 Å². The molecule has 0 spiro atoms. The number of nitrogens with one attached hydrogen (secondary N) is 1. The lowest BCUT2D eigenvalue weighted by molar-refractivity contribution is -0.132. The third kappa shape index (κ3) is 5.29. The number of hydrogen-bond acceptors (Lipinski definition) is 2. The maximum Gasteiger partial charge on any atom is 0.222 e. The number of nitrogens with zero attached hydrogens (tertiary/aromatic N) is 1. The summed E-state index contributed by atoms with van der Waals surface area (Å²) >= 11 is 5.94. The zero-order valence-corrected chi connectivity index (χ0v) is 14.6. The molecule has 0 aliphatic carbocycles. The zero-order valence-electron chi connectivity index (χ0n) is 13.9. The summed E-state index contributed by atoms with van der Waals surface area (Å²) in [5.41, 5.74) is 1.49. The maximum atomic E-state index is 12.4. The molecule has 4 heteroatoms. The van der Waals surface area contributed by atoms with Crippen LogP contribution >= 0.6 is 11.6 Å². The van der Waals surface area contributed by atoms with Gasteiger partial charge in [-0.3, -0.25) is 4.79 Å². The van der Waals surface area contributed by atoms with Gasteiger partial charge in [0.2, 0.25) is 5.91 Å². The maximum absolute atomic E-state index is 12.4. The predicted molar refractivity (Wildman–Crippen MR) is 92.1 cm³/mol. The zero-order chi connectivity index (χ0) is 16.2. The molecule has 1 saturated heterocycles. The molecule has 1 aliphatic rings. The standard InChI is InChI=1S/C18H27ClN2O/c1-18(2,3)10-4-5-17(22)21-12-11-20-16(13-21)14-6-8-15(19)9-7-14/h6-9,16,20H,4-5,10-13H2,1-3H3. The first-order valence-electron chi connectivity index (χ1n) is 8.12. The van der Waals surface area contributed by atoms with E-state index < -0.39 is 0 Å². The highest BCUT2D eigenvalue weighted by Crippen LogP contribution is 2.23. The third-order valence-corrected chi connectivity index (χ3v) is 4.37. The van der Waals surface area contributed by atoms with E-state index >= 15 is 0 Å². The number of rotatable bonds is 4. The highest BCUT2D eigenvalue weighted by molar-refractivity contribution is 6.30. The SMILES string of the molecule is CC(C)(C)CCCC(=O)N1CCNC(c2ccc(Cl)cc2)C1. The van der Waals surface area contributed by atoms with Crippen molar-refractivity contribution in [2.45, 2.75) is 46.1 Å². The van der Waals surface area contributed by atoms with Gasteiger partial charge in [0.05, 0.1) is 0 Å². The van der Waals surface area contributed by atoms with Gasteiger partial charge in [-0.15, -0.1) is 0 Å². The summed E-state index contributed by atoms with van der Waals surface area (Å²) in [5.74, 6) is 0.282. The number of carbonyl (C=O) groups excluding carboxylic acids is 1. The summed E-state index contributed by atoms with van der Waals surface area (Å²) in [4.78, 5) is 14.4. The lowest BCUT2D eigenvalue weighted by Crippen LogP contribution is -2.48. The summed E-state index contributed by atoms with van der Waals surface area (Å²) in [6, 6.07) is 8.09. The smallest absolute Gasteiger partial charge is 0.222 e. The van der Waals surface area contributed by atoms with E-state index in [9.17, 15) is 4.79 Å². The number of halogens is 1. The molecule has 0 aromatic heterocycles. The molecule has 1 heterocycles. The molecule has 122 valence electrons. The molecule has 1 aromatic rings. The largest absolute Gasteiger partial charge is 0.340 e. The summed E-state index contributed by atoms with van der Waals surface area (Å²) in [5, 5.41) is 4.23. The Bertz CT molecular complexity index is 493. The van der Waals surface area contributed by atoms with Gasteiger partial charge in [-0.2, -0.15) is 0 Å². The van der Waals surface area contributed by atoms with E-state index in [4.69, 9.17) is 11.6 Å². The normalized spacial score (nSPS) is 19.3. The quantitative estimate of drug-likeness (QED) is 0.907. The molecule has 1 fully saturated rings. The number of piperazine rings is 1. The van der Waals surface area contributed by atoms with Crippen LogP contribution in [0.3, 0.4) is 0 Å². The van der Waals surface area contributed by atoms with Crippen LogP contribution in [0, 0.1) is 5.41 Å². The fourth-order valence-corrected chi connectivity index (χ4v) is 2.95. The second-order valence-electron chi connectivity index (χ2n) is 7.31. The van der Waals surface area contributed by atoms with Gasteiger partial charge in [-0.1, -0.05) is 44.5 Å². The Morgan fingerprint density at radius 1 is 1.32 bits per heavy atom. The van der Waals surface area contributed by atoms with Crippen LogP contribution in [0.15, 0.2) is 24.3 Å². The Morgan fingerprint density at radius 3 is 2.64 bits per heavy atom. The monoisotopic (exact) mass is 322 g/mol. The van der Waals surface area contributed by atoms with Crippen LogP contribution in [0.2, 0.25) is 5.02 Å². The van der Waals surface area contributed by atoms with Gasteiger partial charge in [-0.25, -0.2) is 0 Å². The first-order valence-corrected chi connectivity index (χ1v) is 8.49. The highest BCUT2D eigenvalue weighted by atomic mass is 35.5. The Morgan fingerprint density at radius 2 is 2.00 bits per heavy atom. The van der Waals surface area contributed by atoms with E-state index in [1.54, 1.807) is 0 Å². The number of amides is 1. The highest BCUT2D eigenvalue weighted by Gasteiger charge is 2.24. The second-order valence-corrected chi connectivity index (χ2v) is 7.75. The summed E-state index contributed by atoms with van der Waals surface area (Å²) in [6.07, 6.45) is 2.72. The van der Waals surface area contributed by atoms with Crippen molar-refractivity contribution in [3.05, 3.63) is 34.9 Å². The average Bonchev–Trinajstić information content (AvgIpc) is 2.47. The van der Waals surface area contributed by atoms with E-state index in [1.807, 2.05) is 29.2 Å². The van der Waals surface area contributed by atoms with Crippen molar-refractivity contribution in [2.24, 2.45) is 5.41 Å². The molecule has 3 nitrogen and oxygen atoms in total. The van der Waals surface area contributed by atoms with E-state index in [0.717, 1.165) is 37.5 Å². The van der Waals surface area contributed by atoms with Crippen LogP contribution in [0.4, 0.5) is 0 Å². The van der Waals surface area contributed by atoms with Gasteiger partial charge < -0.3 is 10.2 Å². The Kier molecular flexibility index (Phi) is 5.87. The fourth-order valence-electron chi connectivity index (χ4n) is 2.82. The van der Waals surface area contributed by atoms with Gasteiger partial charge >= 0.3 is 0 Å². The molecular formula is C18H27ClN2O. The van der Waals surface area contributed by atoms with Gasteiger partial charge in [0, 0.05) is 37.1 Å². The second kappa shape index (κ2) is 7.47. The van der Waals surface area contributed by atoms with Gasteiger partial charge in [-0.05, 0) is 36.0 Å². The first-order chi connectivity index (χ1) is 10.3. The lowest BCUT2D eigenvalue weighted by atomic mass is 9.90. The van der Waals surface area contributed by atoms with Crippen LogP contribution < -0.4 is 5.32 Å². The molecule has 0 bridgehead atoms. The molecule has 1 aromatic carbocycles. The van der Waals surface area contributed by atoms with Gasteiger partial charge in [0.1, 0.15) is 0 Å². The average molecular weight is 323 g/mol. The fraction of sp³-hybridized carbons (Fsp3) is 0.611. The summed E-state index contributed by atoms with van der Waals surface area (Å²) in [6.45, 7) is 9.06. The van der Waals surface area contributed by atoms with Crippen molar-refractivity contribution >= 4 is 17.5 Å². The third-order valence-electron chi connectivity index (χ3n) is 4.12. The van der Waals surface area contributed by atoms with Crippen molar-refractivity contribution in [1.82, 2.24) is 10.2 Å². The number of carbonyl (C=O) groups is 1. The molecule has 1 amide bonds. The van der Waals surface area contributed by atoms with Gasteiger partial charge in [0.25, 0.3) is 0 Å². The van der Waals surface area contributed by atoms with Crippen LogP contribution in [-0.2, 0) is 4.79 Å². The van der Waals surface area contributed by atoms with E-state index in [2.05, 4.69) is 26.1 Å². The Labute approximate surface area is 139 Å². The van der Waals surface area contributed by atoms with E-state index in [0.29, 0.717) is 11.8 Å². The number of hydrogen-bond donors (Lipinski definition) is 1. The molecular weight excluding hydrogens is 296 g/mol. The minimum Gasteiger partial charge on any atom is -0.340 e. The molecule has 0 radical (unpaired) electrons. The summed E-state index contributed by atoms with van der Waals surface area (Å²) < 4.78 is 0. The van der Waals surface area contributed by atoms with Crippen LogP contribution in [0.5, 0.6) is 0 Å². The van der Waals surface area contributed by atoms with Crippen LogP contribution in [0.25, 0.3) is 0 Å². The lowest BCUT2D eigenvalue weighted by Gasteiger charge is -2.34. The van der Waals surface area contributed by atoms with E-state index in [1.165, 1.54) is 5.56 Å². The number of benzene rings is 1. The predicted octanol–water partition coefficient (Wildman–Crippen LogP) is 4.03. The molecule has 1 atom stereocenters. The van der Waals surface area contributed by atoms with Crippen LogP contribution in [-0.4, -0.2) is 30.4 Å². The topological polar surface area (TPSA) is 32.3 Å². The van der Waals surface area contributed by atoms with Crippen molar-refractivity contribution < 1.29 is 4.79 Å². The molecule has 1 unspecified atom stereocenters. The van der Waals surface area contributed by atoms with Crippen molar-refractivity contribution in [1.29, 1.82) is 0 Å².